The molecule has 1 saturated heterocycles. The lowest BCUT2D eigenvalue weighted by Crippen LogP contribution is -2.56. The van der Waals surface area contributed by atoms with Crippen molar-refractivity contribution in [1.29, 1.82) is 0 Å². The van der Waals surface area contributed by atoms with Crippen molar-refractivity contribution in [3.05, 3.63) is 0 Å². The van der Waals surface area contributed by atoms with E-state index < -0.39 is 23.4 Å². The molecule has 1 unspecified atom stereocenters. The maximum Gasteiger partial charge on any atom is 0.307 e. The number of carbonyl (C=O) groups is 2. The van der Waals surface area contributed by atoms with Gasteiger partial charge in [-0.1, -0.05) is 0 Å². The molecule has 0 aromatic rings. The first-order valence-corrected chi connectivity index (χ1v) is 6.14. The van der Waals surface area contributed by atoms with Gasteiger partial charge in [0.2, 0.25) is 5.91 Å². The van der Waals surface area contributed by atoms with Gasteiger partial charge in [-0.2, -0.15) is 0 Å². The van der Waals surface area contributed by atoms with Gasteiger partial charge < -0.3 is 19.8 Å². The van der Waals surface area contributed by atoms with Gasteiger partial charge in [-0.25, -0.2) is 0 Å². The van der Waals surface area contributed by atoms with Crippen LogP contribution in [0.1, 0.15) is 20.3 Å². The van der Waals surface area contributed by atoms with Crippen LogP contribution in [-0.4, -0.2) is 58.4 Å². The molecule has 0 aromatic carbocycles. The summed E-state index contributed by atoms with van der Waals surface area (Å²) in [5.74, 6) is -1.96. The predicted molar refractivity (Wildman–Crippen MR) is 61.9 cm³/mol. The van der Waals surface area contributed by atoms with Gasteiger partial charge in [-0.3, -0.25) is 9.59 Å². The molecule has 3 atom stereocenters. The van der Waals surface area contributed by atoms with Crippen molar-refractivity contribution in [3.8, 4) is 0 Å². The second-order valence-electron chi connectivity index (χ2n) is 5.69. The second kappa shape index (κ2) is 4.51. The molecule has 0 spiro atoms. The van der Waals surface area contributed by atoms with Gasteiger partial charge in [0.15, 0.2) is 0 Å². The molecule has 2 fully saturated rings. The quantitative estimate of drug-likeness (QED) is 0.725. The number of ether oxygens (including phenoxy) is 1. The van der Waals surface area contributed by atoms with E-state index in [-0.39, 0.29) is 18.6 Å². The number of aliphatic carboxylic acids is 1. The Morgan fingerprint density at radius 3 is 2.56 bits per heavy atom. The molecule has 18 heavy (non-hydrogen) atoms. The first kappa shape index (κ1) is 13.3. The average Bonchev–Trinajstić information content (AvgIpc) is 3.05. The molecule has 0 aromatic heterocycles. The highest BCUT2D eigenvalue weighted by atomic mass is 16.5. The van der Waals surface area contributed by atoms with Crippen LogP contribution in [0.4, 0.5) is 0 Å². The maximum absolute atomic E-state index is 12.1. The van der Waals surface area contributed by atoms with Crippen molar-refractivity contribution in [3.63, 3.8) is 0 Å². The molecule has 2 aliphatic rings. The number of nitrogens with zero attached hydrogens (tertiary/aromatic N) is 1. The van der Waals surface area contributed by atoms with Gasteiger partial charge in [-0.05, 0) is 20.3 Å². The smallest absolute Gasteiger partial charge is 0.307 e. The molecular weight excluding hydrogens is 238 g/mol. The SMILES string of the molecule is CC1(C)CN(C(=O)[C@@H]2C[C@@H]2C(=O)O)CC(CO)O1. The summed E-state index contributed by atoms with van der Waals surface area (Å²) in [5.41, 5.74) is -0.505. The summed E-state index contributed by atoms with van der Waals surface area (Å²) < 4.78 is 5.62. The highest BCUT2D eigenvalue weighted by Crippen LogP contribution is 2.40. The van der Waals surface area contributed by atoms with E-state index in [0.717, 1.165) is 0 Å². The van der Waals surface area contributed by atoms with Crippen molar-refractivity contribution in [1.82, 2.24) is 4.90 Å². The summed E-state index contributed by atoms with van der Waals surface area (Å²) in [7, 11) is 0. The van der Waals surface area contributed by atoms with Crippen LogP contribution in [0.2, 0.25) is 0 Å². The molecule has 1 saturated carbocycles. The summed E-state index contributed by atoms with van der Waals surface area (Å²) in [4.78, 5) is 24.5. The molecule has 1 aliphatic carbocycles. The van der Waals surface area contributed by atoms with Gasteiger partial charge in [0.05, 0.1) is 30.1 Å². The van der Waals surface area contributed by atoms with Crippen molar-refractivity contribution < 1.29 is 24.5 Å². The summed E-state index contributed by atoms with van der Waals surface area (Å²) in [6, 6.07) is 0. The molecule has 0 bridgehead atoms. The van der Waals surface area contributed by atoms with E-state index in [1.165, 1.54) is 0 Å². The number of carbonyl (C=O) groups excluding carboxylic acids is 1. The Morgan fingerprint density at radius 2 is 2.06 bits per heavy atom. The van der Waals surface area contributed by atoms with Gasteiger partial charge in [0.25, 0.3) is 0 Å². The first-order chi connectivity index (χ1) is 8.34. The van der Waals surface area contributed by atoms with E-state index in [1.807, 2.05) is 13.8 Å². The number of hydrogen-bond donors (Lipinski definition) is 2. The lowest BCUT2D eigenvalue weighted by atomic mass is 10.0. The van der Waals surface area contributed by atoms with Crippen LogP contribution in [0.5, 0.6) is 0 Å². The molecule has 2 rings (SSSR count). The highest BCUT2D eigenvalue weighted by molar-refractivity contribution is 5.89. The second-order valence-corrected chi connectivity index (χ2v) is 5.69. The number of aliphatic hydroxyl groups excluding tert-OH is 1. The van der Waals surface area contributed by atoms with Crippen LogP contribution < -0.4 is 0 Å². The van der Waals surface area contributed by atoms with Crippen LogP contribution in [0.25, 0.3) is 0 Å². The van der Waals surface area contributed by atoms with E-state index in [0.29, 0.717) is 19.5 Å². The maximum atomic E-state index is 12.1. The topological polar surface area (TPSA) is 87.1 Å². The molecule has 1 amide bonds. The van der Waals surface area contributed by atoms with Crippen molar-refractivity contribution in [2.75, 3.05) is 19.7 Å². The van der Waals surface area contributed by atoms with Crippen LogP contribution in [0.15, 0.2) is 0 Å². The molecule has 6 nitrogen and oxygen atoms in total. The first-order valence-electron chi connectivity index (χ1n) is 6.14. The number of amides is 1. The van der Waals surface area contributed by atoms with Gasteiger partial charge in [0, 0.05) is 13.1 Å². The van der Waals surface area contributed by atoms with E-state index in [9.17, 15) is 9.59 Å². The fourth-order valence-electron chi connectivity index (χ4n) is 2.53. The van der Waals surface area contributed by atoms with Crippen LogP contribution in [0.3, 0.4) is 0 Å². The Morgan fingerprint density at radius 1 is 1.39 bits per heavy atom. The van der Waals surface area contributed by atoms with Gasteiger partial charge >= 0.3 is 5.97 Å². The molecule has 0 radical (unpaired) electrons. The van der Waals surface area contributed by atoms with Crippen LogP contribution in [0, 0.1) is 11.8 Å². The average molecular weight is 257 g/mol. The van der Waals surface area contributed by atoms with Crippen molar-refractivity contribution >= 4 is 11.9 Å². The third kappa shape index (κ3) is 2.64. The van der Waals surface area contributed by atoms with E-state index in [4.69, 9.17) is 14.9 Å². The fraction of sp³-hybridized carbons (Fsp3) is 0.833. The van der Waals surface area contributed by atoms with E-state index >= 15 is 0 Å². The zero-order valence-corrected chi connectivity index (χ0v) is 10.6. The molecule has 1 aliphatic heterocycles. The Balaban J connectivity index is 2.00. The molecular formula is C12H19NO5. The van der Waals surface area contributed by atoms with E-state index in [2.05, 4.69) is 0 Å². The standard InChI is InChI=1S/C12H19NO5/c1-12(2)6-13(4-7(5-14)18-12)10(15)8-3-9(8)11(16)17/h7-9,14H,3-6H2,1-2H3,(H,16,17)/t7?,8-,9+/m1/s1. The van der Waals surface area contributed by atoms with Gasteiger partial charge in [-0.15, -0.1) is 0 Å². The lowest BCUT2D eigenvalue weighted by molar-refractivity contribution is -0.168. The number of carboxylic acid groups (broad SMARTS) is 1. The van der Waals surface area contributed by atoms with Gasteiger partial charge in [0.1, 0.15) is 0 Å². The number of carboxylic acids is 1. The number of rotatable bonds is 3. The number of hydrogen-bond acceptors (Lipinski definition) is 4. The van der Waals surface area contributed by atoms with Crippen molar-refractivity contribution in [2.24, 2.45) is 11.8 Å². The summed E-state index contributed by atoms with van der Waals surface area (Å²) >= 11 is 0. The van der Waals surface area contributed by atoms with E-state index in [1.54, 1.807) is 4.90 Å². The Hall–Kier alpha value is -1.14. The molecule has 2 N–H and O–H groups in total. The number of aliphatic hydroxyl groups is 1. The third-order valence-electron chi connectivity index (χ3n) is 3.42. The minimum Gasteiger partial charge on any atom is -0.481 e. The minimum atomic E-state index is -0.903. The molecule has 6 heteroatoms. The zero-order chi connectivity index (χ0) is 13.5. The predicted octanol–water partition coefficient (Wildman–Crippen LogP) is -0.295. The zero-order valence-electron chi connectivity index (χ0n) is 10.6. The number of morpholine rings is 1. The molecule has 1 heterocycles. The Bertz CT molecular complexity index is 367. The minimum absolute atomic E-state index is 0.128. The summed E-state index contributed by atoms with van der Waals surface area (Å²) in [6.07, 6.45) is 0.0372. The highest BCUT2D eigenvalue weighted by Gasteiger charge is 2.51. The molecule has 102 valence electrons. The Labute approximate surface area is 106 Å². The summed E-state index contributed by atoms with van der Waals surface area (Å²) in [5, 5.41) is 18.0. The fourth-order valence-corrected chi connectivity index (χ4v) is 2.53. The lowest BCUT2D eigenvalue weighted by Gasteiger charge is -2.42. The van der Waals surface area contributed by atoms with Crippen LogP contribution >= 0.6 is 0 Å². The largest absolute Gasteiger partial charge is 0.481 e. The Kier molecular flexibility index (Phi) is 3.33. The van der Waals surface area contributed by atoms with Crippen molar-refractivity contribution in [2.45, 2.75) is 32.0 Å². The normalized spacial score (nSPS) is 34.2. The third-order valence-corrected chi connectivity index (χ3v) is 3.42. The summed E-state index contributed by atoms with van der Waals surface area (Å²) in [6.45, 7) is 4.35. The van der Waals surface area contributed by atoms with Crippen LogP contribution in [-0.2, 0) is 14.3 Å². The monoisotopic (exact) mass is 257 g/mol.